The van der Waals surface area contributed by atoms with Crippen LogP contribution in [0.3, 0.4) is 0 Å². The van der Waals surface area contributed by atoms with Gasteiger partial charge in [0.25, 0.3) is 0 Å². The van der Waals surface area contributed by atoms with Crippen molar-refractivity contribution in [1.82, 2.24) is 10.6 Å². The molecule has 0 bridgehead atoms. The second kappa shape index (κ2) is 8.27. The fourth-order valence-electron chi connectivity index (χ4n) is 1.49. The standard InChI is InChI=1S/C14H19FN2O3/c1-10(9-18)7-16-14(20)8-17-13(19)6-11-3-2-4-12(15)5-11/h2-5,10,18H,6-9H2,1H3,(H,16,20)(H,17,19). The van der Waals surface area contributed by atoms with Gasteiger partial charge in [0.15, 0.2) is 0 Å². The number of amides is 2. The highest BCUT2D eigenvalue weighted by Gasteiger charge is 2.08. The second-order valence-electron chi connectivity index (χ2n) is 4.68. The number of halogens is 1. The fourth-order valence-corrected chi connectivity index (χ4v) is 1.49. The molecule has 1 aromatic carbocycles. The zero-order valence-electron chi connectivity index (χ0n) is 11.4. The average Bonchev–Trinajstić information content (AvgIpc) is 2.42. The maximum absolute atomic E-state index is 12.9. The molecule has 0 aliphatic heterocycles. The first-order valence-corrected chi connectivity index (χ1v) is 6.40. The smallest absolute Gasteiger partial charge is 0.239 e. The van der Waals surface area contributed by atoms with Gasteiger partial charge in [0, 0.05) is 13.2 Å². The molecule has 3 N–H and O–H groups in total. The topological polar surface area (TPSA) is 78.4 Å². The largest absolute Gasteiger partial charge is 0.396 e. The third-order valence-electron chi connectivity index (χ3n) is 2.66. The van der Waals surface area contributed by atoms with Gasteiger partial charge in [-0.1, -0.05) is 19.1 Å². The Hall–Kier alpha value is -1.95. The summed E-state index contributed by atoms with van der Waals surface area (Å²) >= 11 is 0. The van der Waals surface area contributed by atoms with E-state index in [4.69, 9.17) is 5.11 Å². The molecule has 0 spiro atoms. The highest BCUT2D eigenvalue weighted by molar-refractivity contribution is 5.85. The average molecular weight is 282 g/mol. The lowest BCUT2D eigenvalue weighted by atomic mass is 10.1. The SMILES string of the molecule is CC(CO)CNC(=O)CNC(=O)Cc1cccc(F)c1. The molecule has 0 aromatic heterocycles. The molecule has 1 rings (SSSR count). The molecule has 0 radical (unpaired) electrons. The van der Waals surface area contributed by atoms with Crippen LogP contribution in [0.5, 0.6) is 0 Å². The van der Waals surface area contributed by atoms with E-state index in [2.05, 4.69) is 10.6 Å². The first-order valence-electron chi connectivity index (χ1n) is 6.40. The summed E-state index contributed by atoms with van der Waals surface area (Å²) < 4.78 is 12.9. The maximum atomic E-state index is 12.9. The molecule has 2 amide bonds. The molecule has 0 aliphatic carbocycles. The predicted molar refractivity (Wildman–Crippen MR) is 72.4 cm³/mol. The number of rotatable bonds is 7. The van der Waals surface area contributed by atoms with Crippen LogP contribution < -0.4 is 10.6 Å². The number of aliphatic hydroxyl groups is 1. The Labute approximate surface area is 117 Å². The van der Waals surface area contributed by atoms with Gasteiger partial charge in [0.2, 0.25) is 11.8 Å². The molecule has 0 saturated carbocycles. The number of carbonyl (C=O) groups excluding carboxylic acids is 2. The van der Waals surface area contributed by atoms with Crippen LogP contribution in [0.2, 0.25) is 0 Å². The van der Waals surface area contributed by atoms with Gasteiger partial charge in [0.1, 0.15) is 5.82 Å². The molecule has 0 saturated heterocycles. The normalized spacial score (nSPS) is 11.8. The number of benzene rings is 1. The highest BCUT2D eigenvalue weighted by atomic mass is 19.1. The number of hydrogen-bond donors (Lipinski definition) is 3. The van der Waals surface area contributed by atoms with Crippen LogP contribution in [-0.2, 0) is 16.0 Å². The minimum absolute atomic E-state index is 0.00773. The molecule has 1 atom stereocenters. The van der Waals surface area contributed by atoms with Gasteiger partial charge in [-0.05, 0) is 23.6 Å². The van der Waals surface area contributed by atoms with Crippen molar-refractivity contribution in [3.63, 3.8) is 0 Å². The van der Waals surface area contributed by atoms with Crippen LogP contribution in [-0.4, -0.2) is 36.6 Å². The van der Waals surface area contributed by atoms with Crippen LogP contribution in [0.1, 0.15) is 12.5 Å². The van der Waals surface area contributed by atoms with Crippen LogP contribution in [0.4, 0.5) is 4.39 Å². The summed E-state index contributed by atoms with van der Waals surface area (Å²) in [6, 6.07) is 5.76. The Balaban J connectivity index is 2.27. The molecular formula is C14H19FN2O3. The molecule has 20 heavy (non-hydrogen) atoms. The van der Waals surface area contributed by atoms with Crippen LogP contribution in [0.15, 0.2) is 24.3 Å². The lowest BCUT2D eigenvalue weighted by molar-refractivity contribution is -0.125. The molecule has 6 heteroatoms. The van der Waals surface area contributed by atoms with Gasteiger partial charge in [0.05, 0.1) is 13.0 Å². The van der Waals surface area contributed by atoms with Gasteiger partial charge in [-0.2, -0.15) is 0 Å². The summed E-state index contributed by atoms with van der Waals surface area (Å²) in [6.45, 7) is 2.01. The second-order valence-corrected chi connectivity index (χ2v) is 4.68. The Morgan fingerprint density at radius 3 is 2.70 bits per heavy atom. The predicted octanol–water partition coefficient (Wildman–Crippen LogP) is 0.229. The molecule has 1 aromatic rings. The first-order chi connectivity index (χ1) is 9.51. The maximum Gasteiger partial charge on any atom is 0.239 e. The van der Waals surface area contributed by atoms with Crippen molar-refractivity contribution in [2.75, 3.05) is 19.7 Å². The van der Waals surface area contributed by atoms with Gasteiger partial charge in [-0.3, -0.25) is 9.59 Å². The van der Waals surface area contributed by atoms with E-state index in [1.165, 1.54) is 18.2 Å². The van der Waals surface area contributed by atoms with E-state index < -0.39 is 5.82 Å². The summed E-state index contributed by atoms with van der Waals surface area (Å²) in [5, 5.41) is 13.8. The third-order valence-corrected chi connectivity index (χ3v) is 2.66. The number of nitrogens with one attached hydrogen (secondary N) is 2. The van der Waals surface area contributed by atoms with Crippen molar-refractivity contribution < 1.29 is 19.1 Å². The summed E-state index contributed by atoms with van der Waals surface area (Å²) in [6.07, 6.45) is 0.0259. The minimum atomic E-state index is -0.397. The summed E-state index contributed by atoms with van der Waals surface area (Å²) in [5.74, 6) is -1.09. The molecule has 0 heterocycles. The van der Waals surface area contributed by atoms with Crippen molar-refractivity contribution in [3.05, 3.63) is 35.6 Å². The molecule has 0 fully saturated rings. The van der Waals surface area contributed by atoms with E-state index in [-0.39, 0.29) is 37.3 Å². The summed E-state index contributed by atoms with van der Waals surface area (Å²) in [4.78, 5) is 23.0. The van der Waals surface area contributed by atoms with Gasteiger partial charge < -0.3 is 15.7 Å². The molecule has 1 unspecified atom stereocenters. The van der Waals surface area contributed by atoms with Crippen LogP contribution >= 0.6 is 0 Å². The third kappa shape index (κ3) is 6.29. The molecule has 0 aliphatic rings. The van der Waals surface area contributed by atoms with Gasteiger partial charge >= 0.3 is 0 Å². The van der Waals surface area contributed by atoms with E-state index in [1.807, 2.05) is 0 Å². The van der Waals surface area contributed by atoms with E-state index in [0.717, 1.165) is 0 Å². The van der Waals surface area contributed by atoms with Crippen LogP contribution in [0, 0.1) is 11.7 Å². The van der Waals surface area contributed by atoms with Gasteiger partial charge in [-0.15, -0.1) is 0 Å². The van der Waals surface area contributed by atoms with Crippen molar-refractivity contribution >= 4 is 11.8 Å². The number of hydrogen-bond acceptors (Lipinski definition) is 3. The van der Waals surface area contributed by atoms with E-state index in [0.29, 0.717) is 12.1 Å². The number of carbonyl (C=O) groups is 2. The van der Waals surface area contributed by atoms with E-state index in [9.17, 15) is 14.0 Å². The first kappa shape index (κ1) is 16.1. The minimum Gasteiger partial charge on any atom is -0.396 e. The lowest BCUT2D eigenvalue weighted by Crippen LogP contribution is -2.39. The Morgan fingerprint density at radius 1 is 1.30 bits per heavy atom. The zero-order valence-corrected chi connectivity index (χ0v) is 11.4. The van der Waals surface area contributed by atoms with Gasteiger partial charge in [-0.25, -0.2) is 4.39 Å². The lowest BCUT2D eigenvalue weighted by Gasteiger charge is -2.10. The number of aliphatic hydroxyl groups excluding tert-OH is 1. The zero-order chi connectivity index (χ0) is 15.0. The quantitative estimate of drug-likeness (QED) is 0.670. The Kier molecular flexibility index (Phi) is 6.66. The van der Waals surface area contributed by atoms with E-state index in [1.54, 1.807) is 13.0 Å². The Bertz CT molecular complexity index is 465. The molecule has 110 valence electrons. The summed E-state index contributed by atoms with van der Waals surface area (Å²) in [7, 11) is 0. The van der Waals surface area contributed by atoms with Crippen molar-refractivity contribution in [3.8, 4) is 0 Å². The molecular weight excluding hydrogens is 263 g/mol. The van der Waals surface area contributed by atoms with Crippen LogP contribution in [0.25, 0.3) is 0 Å². The van der Waals surface area contributed by atoms with Crippen molar-refractivity contribution in [2.45, 2.75) is 13.3 Å². The fraction of sp³-hybridized carbons (Fsp3) is 0.429. The van der Waals surface area contributed by atoms with Crippen molar-refractivity contribution in [2.24, 2.45) is 5.92 Å². The van der Waals surface area contributed by atoms with Crippen molar-refractivity contribution in [1.29, 1.82) is 0 Å². The monoisotopic (exact) mass is 282 g/mol. The molecule has 5 nitrogen and oxygen atoms in total. The Morgan fingerprint density at radius 2 is 2.05 bits per heavy atom. The highest BCUT2D eigenvalue weighted by Crippen LogP contribution is 2.03. The summed E-state index contributed by atoms with van der Waals surface area (Å²) in [5.41, 5.74) is 0.553. The van der Waals surface area contributed by atoms with E-state index >= 15 is 0 Å².